The molecule has 0 aromatic heterocycles. The molecule has 99 heavy (non-hydrogen) atoms. The van der Waals surface area contributed by atoms with E-state index in [0.29, 0.717) is 31.6 Å². The van der Waals surface area contributed by atoms with Crippen molar-refractivity contribution >= 4 is 39.5 Å². The van der Waals surface area contributed by atoms with Gasteiger partial charge >= 0.3 is 39.5 Å². The summed E-state index contributed by atoms with van der Waals surface area (Å²) in [6.07, 6.45) is 55.5. The van der Waals surface area contributed by atoms with Gasteiger partial charge in [0.15, 0.2) is 12.2 Å². The van der Waals surface area contributed by atoms with Crippen molar-refractivity contribution in [3.05, 3.63) is 0 Å². The third-order valence-electron chi connectivity index (χ3n) is 18.6. The van der Waals surface area contributed by atoms with Crippen molar-refractivity contribution in [2.45, 2.75) is 427 Å². The number of aliphatic hydroxyl groups is 1. The van der Waals surface area contributed by atoms with Gasteiger partial charge in [0, 0.05) is 25.7 Å². The highest BCUT2D eigenvalue weighted by atomic mass is 31.2. The van der Waals surface area contributed by atoms with E-state index in [-0.39, 0.29) is 25.7 Å². The molecule has 3 N–H and O–H groups in total. The van der Waals surface area contributed by atoms with Gasteiger partial charge in [-0.1, -0.05) is 357 Å². The van der Waals surface area contributed by atoms with Gasteiger partial charge in [0.25, 0.3) is 0 Å². The summed E-state index contributed by atoms with van der Waals surface area (Å²) in [6.45, 7) is 14.2. The number of aliphatic hydroxyl groups excluding tert-OH is 1. The first-order valence-corrected chi connectivity index (χ1v) is 44.2. The van der Waals surface area contributed by atoms with Crippen LogP contribution in [0.5, 0.6) is 0 Å². The molecule has 0 heterocycles. The molecule has 0 saturated heterocycles. The van der Waals surface area contributed by atoms with Crippen LogP contribution < -0.4 is 0 Å². The predicted octanol–water partition coefficient (Wildman–Crippen LogP) is 23.6. The molecular formula is C80H156O17P2. The predicted molar refractivity (Wildman–Crippen MR) is 404 cm³/mol. The highest BCUT2D eigenvalue weighted by molar-refractivity contribution is 7.47. The number of phosphoric ester groups is 2. The summed E-state index contributed by atoms with van der Waals surface area (Å²) < 4.78 is 68.7. The van der Waals surface area contributed by atoms with Gasteiger partial charge in [0.1, 0.15) is 19.3 Å². The molecule has 588 valence electrons. The van der Waals surface area contributed by atoms with Crippen molar-refractivity contribution in [1.82, 2.24) is 0 Å². The van der Waals surface area contributed by atoms with Gasteiger partial charge in [-0.2, -0.15) is 0 Å². The molecule has 0 amide bonds. The lowest BCUT2D eigenvalue weighted by Gasteiger charge is -2.21. The number of ether oxygens (including phenoxy) is 4. The number of carbonyl (C=O) groups is 4. The van der Waals surface area contributed by atoms with E-state index in [0.717, 1.165) is 114 Å². The maximum atomic E-state index is 13.1. The Kier molecular flexibility index (Phi) is 67.8. The highest BCUT2D eigenvalue weighted by Gasteiger charge is 2.30. The molecule has 0 aromatic rings. The summed E-state index contributed by atoms with van der Waals surface area (Å²) in [5.74, 6) is 0.961. The van der Waals surface area contributed by atoms with E-state index in [1.54, 1.807) is 0 Å². The van der Waals surface area contributed by atoms with Crippen LogP contribution in [0.4, 0.5) is 0 Å². The molecule has 5 atom stereocenters. The molecule has 0 rings (SSSR count). The Morgan fingerprint density at radius 2 is 0.424 bits per heavy atom. The van der Waals surface area contributed by atoms with E-state index in [9.17, 15) is 43.2 Å². The van der Waals surface area contributed by atoms with E-state index in [1.807, 2.05) is 0 Å². The average Bonchev–Trinajstić information content (AvgIpc) is 0.969. The second kappa shape index (κ2) is 69.1. The number of hydrogen-bond acceptors (Lipinski definition) is 15. The molecule has 0 spiro atoms. The lowest BCUT2D eigenvalue weighted by Crippen LogP contribution is -2.30. The van der Waals surface area contributed by atoms with E-state index < -0.39 is 97.5 Å². The molecular weight excluding hydrogens is 1290 g/mol. The molecule has 0 radical (unpaired) electrons. The fourth-order valence-corrected chi connectivity index (χ4v) is 13.8. The van der Waals surface area contributed by atoms with E-state index >= 15 is 0 Å². The Hall–Kier alpha value is -1.94. The summed E-state index contributed by atoms with van der Waals surface area (Å²) in [4.78, 5) is 73.0. The van der Waals surface area contributed by atoms with Crippen molar-refractivity contribution in [2.75, 3.05) is 39.6 Å². The summed E-state index contributed by atoms with van der Waals surface area (Å²) in [6, 6.07) is 0. The lowest BCUT2D eigenvalue weighted by atomic mass is 10.0. The Balaban J connectivity index is 5.24. The molecule has 3 unspecified atom stereocenters. The smallest absolute Gasteiger partial charge is 0.462 e. The molecule has 0 bridgehead atoms. The normalized spacial score (nSPS) is 14.1. The van der Waals surface area contributed by atoms with Crippen molar-refractivity contribution < 1.29 is 80.2 Å². The van der Waals surface area contributed by atoms with Gasteiger partial charge in [-0.05, 0) is 49.4 Å². The summed E-state index contributed by atoms with van der Waals surface area (Å²) in [5.41, 5.74) is 0. The minimum Gasteiger partial charge on any atom is -0.462 e. The zero-order valence-electron chi connectivity index (χ0n) is 65.1. The Labute approximate surface area is 607 Å². The Morgan fingerprint density at radius 3 is 0.626 bits per heavy atom. The third kappa shape index (κ3) is 74.1. The maximum Gasteiger partial charge on any atom is 0.472 e. The zero-order chi connectivity index (χ0) is 73.1. The van der Waals surface area contributed by atoms with Gasteiger partial charge in [-0.3, -0.25) is 37.3 Å². The fraction of sp³-hybridized carbons (Fsp3) is 0.950. The standard InChI is InChI=1S/C80H156O17P2/c1-70(2)56-48-40-32-25-19-13-9-11-15-22-28-36-44-52-60-77(82)90-66-75(96-80(85)63-55-47-38-30-24-18-17-21-27-34-42-50-58-72(5)6)68-94-98(86,87)92-64-74(81)65-93-99(88,89)95-69-76(67-91-78(83)61-53-45-39-31-35-43-51-59-73(7)8)97-79(84)62-54-46-37-29-23-16-12-10-14-20-26-33-41-49-57-71(3)4/h70-76,81H,9-69H2,1-8H3,(H,86,87)(H,88,89)/t74?,75-,76-/m1/s1. The quantitative estimate of drug-likeness (QED) is 0.0222. The fourth-order valence-electron chi connectivity index (χ4n) is 12.3. The van der Waals surface area contributed by atoms with Gasteiger partial charge < -0.3 is 33.8 Å². The van der Waals surface area contributed by atoms with Crippen LogP contribution in [0.2, 0.25) is 0 Å². The first-order chi connectivity index (χ1) is 47.6. The lowest BCUT2D eigenvalue weighted by molar-refractivity contribution is -0.161. The number of hydrogen-bond donors (Lipinski definition) is 3. The number of unbranched alkanes of at least 4 members (excludes halogenated alkanes) is 43. The van der Waals surface area contributed by atoms with Crippen LogP contribution in [0.1, 0.15) is 409 Å². The number of esters is 4. The second-order valence-electron chi connectivity index (χ2n) is 30.7. The second-order valence-corrected chi connectivity index (χ2v) is 33.6. The van der Waals surface area contributed by atoms with Crippen molar-refractivity contribution in [2.24, 2.45) is 23.7 Å². The molecule has 19 heteroatoms. The van der Waals surface area contributed by atoms with Crippen LogP contribution in [-0.2, 0) is 65.4 Å². The van der Waals surface area contributed by atoms with Crippen LogP contribution in [0.15, 0.2) is 0 Å². The largest absolute Gasteiger partial charge is 0.472 e. The van der Waals surface area contributed by atoms with Crippen molar-refractivity contribution in [3.8, 4) is 0 Å². The number of rotatable bonds is 77. The van der Waals surface area contributed by atoms with Gasteiger partial charge in [0.2, 0.25) is 0 Å². The molecule has 0 aromatic carbocycles. The average molecular weight is 1450 g/mol. The van der Waals surface area contributed by atoms with E-state index in [2.05, 4.69) is 55.4 Å². The molecule has 0 saturated carbocycles. The van der Waals surface area contributed by atoms with E-state index in [1.165, 1.54) is 205 Å². The SMILES string of the molecule is CC(C)CCCCCCCCCCCCCCCCC(=O)OC[C@H](COP(=O)(O)OCC(O)COP(=O)(O)OC[C@@H](COC(=O)CCCCCCCCCC(C)C)OC(=O)CCCCCCCCCCCCCCCCC(C)C)OC(=O)CCCCCCCCCCCCCCC(C)C. The molecule has 0 fully saturated rings. The van der Waals surface area contributed by atoms with Crippen LogP contribution in [-0.4, -0.2) is 96.7 Å². The monoisotopic (exact) mass is 1450 g/mol. The Bertz CT molecular complexity index is 1940. The summed E-state index contributed by atoms with van der Waals surface area (Å²) >= 11 is 0. The number of phosphoric acid groups is 2. The maximum absolute atomic E-state index is 13.1. The van der Waals surface area contributed by atoms with Gasteiger partial charge in [0.05, 0.1) is 26.4 Å². The van der Waals surface area contributed by atoms with Crippen molar-refractivity contribution in [1.29, 1.82) is 0 Å². The summed E-state index contributed by atoms with van der Waals surface area (Å²) in [5, 5.41) is 10.6. The third-order valence-corrected chi connectivity index (χ3v) is 20.5. The topological polar surface area (TPSA) is 237 Å². The molecule has 0 aliphatic heterocycles. The van der Waals surface area contributed by atoms with Gasteiger partial charge in [-0.15, -0.1) is 0 Å². The van der Waals surface area contributed by atoms with Crippen LogP contribution in [0, 0.1) is 23.7 Å². The number of carbonyl (C=O) groups excluding carboxylic acids is 4. The molecule has 0 aliphatic rings. The first kappa shape index (κ1) is 97.1. The minimum absolute atomic E-state index is 0.106. The first-order valence-electron chi connectivity index (χ1n) is 41.2. The summed E-state index contributed by atoms with van der Waals surface area (Å²) in [7, 11) is -9.92. The highest BCUT2D eigenvalue weighted by Crippen LogP contribution is 2.45. The Morgan fingerprint density at radius 1 is 0.253 bits per heavy atom. The van der Waals surface area contributed by atoms with Crippen LogP contribution in [0.3, 0.4) is 0 Å². The molecule has 0 aliphatic carbocycles. The van der Waals surface area contributed by atoms with Crippen molar-refractivity contribution in [3.63, 3.8) is 0 Å². The van der Waals surface area contributed by atoms with Crippen LogP contribution in [0.25, 0.3) is 0 Å². The van der Waals surface area contributed by atoms with Gasteiger partial charge in [-0.25, -0.2) is 9.13 Å². The minimum atomic E-state index is -4.96. The van der Waals surface area contributed by atoms with E-state index in [4.69, 9.17) is 37.0 Å². The molecule has 17 nitrogen and oxygen atoms in total. The zero-order valence-corrected chi connectivity index (χ0v) is 66.9. The van der Waals surface area contributed by atoms with Crippen LogP contribution >= 0.6 is 15.6 Å².